The summed E-state index contributed by atoms with van der Waals surface area (Å²) in [5.41, 5.74) is 4.16. The molecule has 0 saturated heterocycles. The SMILES string of the molecule is CCCCC(=O)NC(=S)Nc1ccc(-c2nc3ccc(C)cc3s2)cc1. The predicted molar refractivity (Wildman–Crippen MR) is 114 cm³/mol. The van der Waals surface area contributed by atoms with Crippen molar-refractivity contribution in [2.45, 2.75) is 33.1 Å². The van der Waals surface area contributed by atoms with E-state index in [4.69, 9.17) is 17.2 Å². The van der Waals surface area contributed by atoms with E-state index in [1.54, 1.807) is 11.3 Å². The number of nitrogens with zero attached hydrogens (tertiary/aromatic N) is 1. The number of nitrogens with one attached hydrogen (secondary N) is 2. The molecule has 1 aromatic heterocycles. The van der Waals surface area contributed by atoms with Crippen molar-refractivity contribution in [1.82, 2.24) is 10.3 Å². The number of hydrogen-bond donors (Lipinski definition) is 2. The van der Waals surface area contributed by atoms with Crippen LogP contribution >= 0.6 is 23.6 Å². The first kappa shape index (κ1) is 18.5. The highest BCUT2D eigenvalue weighted by molar-refractivity contribution is 7.80. The molecule has 4 nitrogen and oxygen atoms in total. The van der Waals surface area contributed by atoms with Crippen LogP contribution in [0.25, 0.3) is 20.8 Å². The average Bonchev–Trinajstić information content (AvgIpc) is 3.03. The summed E-state index contributed by atoms with van der Waals surface area (Å²) in [5, 5.41) is 7.07. The van der Waals surface area contributed by atoms with Crippen LogP contribution in [0.5, 0.6) is 0 Å². The Morgan fingerprint density at radius 1 is 1.19 bits per heavy atom. The largest absolute Gasteiger partial charge is 0.332 e. The van der Waals surface area contributed by atoms with Crippen LogP contribution in [0.2, 0.25) is 0 Å². The van der Waals surface area contributed by atoms with E-state index in [2.05, 4.69) is 42.7 Å². The molecule has 1 amide bonds. The number of unbranched alkanes of at least 4 members (excludes halogenated alkanes) is 1. The lowest BCUT2D eigenvalue weighted by molar-refractivity contribution is -0.119. The second kappa shape index (κ2) is 8.38. The minimum Gasteiger partial charge on any atom is -0.332 e. The minimum absolute atomic E-state index is 0.0502. The molecule has 1 heterocycles. The summed E-state index contributed by atoms with van der Waals surface area (Å²) in [7, 11) is 0. The van der Waals surface area contributed by atoms with Crippen LogP contribution in [0.4, 0.5) is 5.69 Å². The normalized spacial score (nSPS) is 10.7. The van der Waals surface area contributed by atoms with Crippen LogP contribution in [0.1, 0.15) is 31.7 Å². The smallest absolute Gasteiger partial charge is 0.226 e. The topological polar surface area (TPSA) is 54.0 Å². The Bertz CT molecular complexity index is 932. The average molecular weight is 384 g/mol. The molecule has 0 aliphatic rings. The van der Waals surface area contributed by atoms with Gasteiger partial charge in [0.25, 0.3) is 0 Å². The highest BCUT2D eigenvalue weighted by Gasteiger charge is 2.08. The number of benzene rings is 2. The number of aryl methyl sites for hydroxylation is 1. The van der Waals surface area contributed by atoms with Gasteiger partial charge in [0.15, 0.2) is 5.11 Å². The first-order valence-electron chi connectivity index (χ1n) is 8.63. The molecule has 6 heteroatoms. The number of amides is 1. The summed E-state index contributed by atoms with van der Waals surface area (Å²) in [5.74, 6) is -0.0502. The molecule has 26 heavy (non-hydrogen) atoms. The van der Waals surface area contributed by atoms with Crippen LogP contribution in [0.3, 0.4) is 0 Å². The van der Waals surface area contributed by atoms with E-state index in [1.807, 2.05) is 24.3 Å². The van der Waals surface area contributed by atoms with Crippen LogP contribution < -0.4 is 10.6 Å². The molecular weight excluding hydrogens is 362 g/mol. The second-order valence-electron chi connectivity index (χ2n) is 6.17. The fourth-order valence-corrected chi connectivity index (χ4v) is 3.84. The summed E-state index contributed by atoms with van der Waals surface area (Å²) < 4.78 is 1.19. The number of carbonyl (C=O) groups is 1. The first-order chi connectivity index (χ1) is 12.5. The van der Waals surface area contributed by atoms with E-state index in [0.717, 1.165) is 34.6 Å². The molecule has 0 saturated carbocycles. The van der Waals surface area contributed by atoms with Gasteiger partial charge in [-0.2, -0.15) is 0 Å². The summed E-state index contributed by atoms with van der Waals surface area (Å²) in [6, 6.07) is 14.2. The van der Waals surface area contributed by atoms with Gasteiger partial charge in [-0.3, -0.25) is 4.79 Å². The lowest BCUT2D eigenvalue weighted by Gasteiger charge is -2.09. The summed E-state index contributed by atoms with van der Waals surface area (Å²) in [6.07, 6.45) is 2.35. The molecule has 0 atom stereocenters. The summed E-state index contributed by atoms with van der Waals surface area (Å²) in [6.45, 7) is 4.14. The van der Waals surface area contributed by atoms with E-state index < -0.39 is 0 Å². The van der Waals surface area contributed by atoms with Crippen molar-refractivity contribution in [1.29, 1.82) is 0 Å². The molecule has 0 radical (unpaired) electrons. The molecule has 0 unspecified atom stereocenters. The number of thiocarbonyl (C=S) groups is 1. The van der Waals surface area contributed by atoms with Crippen molar-refractivity contribution >= 4 is 50.5 Å². The van der Waals surface area contributed by atoms with Gasteiger partial charge in [-0.15, -0.1) is 11.3 Å². The molecule has 2 N–H and O–H groups in total. The number of anilines is 1. The molecular formula is C20H21N3OS2. The van der Waals surface area contributed by atoms with Crippen molar-refractivity contribution in [3.63, 3.8) is 0 Å². The molecule has 134 valence electrons. The van der Waals surface area contributed by atoms with Gasteiger partial charge < -0.3 is 10.6 Å². The Morgan fingerprint density at radius 3 is 2.69 bits per heavy atom. The Hall–Kier alpha value is -2.31. The van der Waals surface area contributed by atoms with Crippen molar-refractivity contribution in [2.75, 3.05) is 5.32 Å². The van der Waals surface area contributed by atoms with E-state index in [0.29, 0.717) is 11.5 Å². The van der Waals surface area contributed by atoms with Gasteiger partial charge in [0.1, 0.15) is 5.01 Å². The lowest BCUT2D eigenvalue weighted by Crippen LogP contribution is -2.33. The molecule has 3 aromatic rings. The molecule has 0 bridgehead atoms. The predicted octanol–water partition coefficient (Wildman–Crippen LogP) is 5.27. The first-order valence-corrected chi connectivity index (χ1v) is 9.86. The summed E-state index contributed by atoms with van der Waals surface area (Å²) >= 11 is 6.88. The Kier molecular flexibility index (Phi) is 5.96. The Balaban J connectivity index is 1.66. The number of rotatable bonds is 5. The quantitative estimate of drug-likeness (QED) is 0.589. The fraction of sp³-hybridized carbons (Fsp3) is 0.250. The number of carbonyl (C=O) groups excluding carboxylic acids is 1. The Morgan fingerprint density at radius 2 is 1.96 bits per heavy atom. The molecule has 0 spiro atoms. The lowest BCUT2D eigenvalue weighted by atomic mass is 10.2. The molecule has 0 aliphatic heterocycles. The zero-order chi connectivity index (χ0) is 18.5. The maximum atomic E-state index is 11.7. The maximum Gasteiger partial charge on any atom is 0.226 e. The van der Waals surface area contributed by atoms with Crippen LogP contribution in [0.15, 0.2) is 42.5 Å². The van der Waals surface area contributed by atoms with Gasteiger partial charge in [0, 0.05) is 17.7 Å². The van der Waals surface area contributed by atoms with Crippen LogP contribution in [-0.2, 0) is 4.79 Å². The van der Waals surface area contributed by atoms with Gasteiger partial charge in [0.05, 0.1) is 10.2 Å². The van der Waals surface area contributed by atoms with Gasteiger partial charge in [-0.1, -0.05) is 19.4 Å². The van der Waals surface area contributed by atoms with Crippen molar-refractivity contribution in [2.24, 2.45) is 0 Å². The third-order valence-corrected chi connectivity index (χ3v) is 5.22. The highest BCUT2D eigenvalue weighted by atomic mass is 32.1. The number of hydrogen-bond acceptors (Lipinski definition) is 4. The fourth-order valence-electron chi connectivity index (χ4n) is 2.54. The summed E-state index contributed by atoms with van der Waals surface area (Å²) in [4.78, 5) is 16.4. The van der Waals surface area contributed by atoms with Crippen LogP contribution in [0, 0.1) is 6.92 Å². The van der Waals surface area contributed by atoms with Gasteiger partial charge in [-0.25, -0.2) is 4.98 Å². The standard InChI is InChI=1S/C20H21N3OS2/c1-3-4-5-18(24)23-20(25)21-15-9-7-14(8-10-15)19-22-16-11-6-13(2)12-17(16)26-19/h6-12H,3-5H2,1-2H3,(H2,21,23,24,25). The zero-order valence-corrected chi connectivity index (χ0v) is 16.5. The van der Waals surface area contributed by atoms with E-state index in [-0.39, 0.29) is 5.91 Å². The molecule has 3 rings (SSSR count). The van der Waals surface area contributed by atoms with Gasteiger partial charge >= 0.3 is 0 Å². The third kappa shape index (κ3) is 4.65. The van der Waals surface area contributed by atoms with E-state index in [1.165, 1.54) is 10.3 Å². The number of thiazole rings is 1. The van der Waals surface area contributed by atoms with E-state index >= 15 is 0 Å². The van der Waals surface area contributed by atoms with Crippen molar-refractivity contribution in [3.8, 4) is 10.6 Å². The second-order valence-corrected chi connectivity index (χ2v) is 7.61. The van der Waals surface area contributed by atoms with E-state index in [9.17, 15) is 4.79 Å². The monoisotopic (exact) mass is 383 g/mol. The zero-order valence-electron chi connectivity index (χ0n) is 14.8. The molecule has 2 aromatic carbocycles. The Labute approximate surface area is 162 Å². The molecule has 0 aliphatic carbocycles. The van der Waals surface area contributed by atoms with Crippen molar-refractivity contribution < 1.29 is 4.79 Å². The van der Waals surface area contributed by atoms with Gasteiger partial charge in [0.2, 0.25) is 5.91 Å². The minimum atomic E-state index is -0.0502. The van der Waals surface area contributed by atoms with Crippen molar-refractivity contribution in [3.05, 3.63) is 48.0 Å². The van der Waals surface area contributed by atoms with Crippen LogP contribution in [-0.4, -0.2) is 16.0 Å². The number of aromatic nitrogens is 1. The number of fused-ring (bicyclic) bond motifs is 1. The maximum absolute atomic E-state index is 11.7. The highest BCUT2D eigenvalue weighted by Crippen LogP contribution is 2.31. The third-order valence-electron chi connectivity index (χ3n) is 3.94. The molecule has 0 fully saturated rings. The van der Waals surface area contributed by atoms with Gasteiger partial charge in [-0.05, 0) is 67.5 Å².